The summed E-state index contributed by atoms with van der Waals surface area (Å²) in [7, 11) is 3.39. The van der Waals surface area contributed by atoms with E-state index >= 15 is 0 Å². The van der Waals surface area contributed by atoms with Crippen LogP contribution in [0, 0.1) is 6.92 Å². The summed E-state index contributed by atoms with van der Waals surface area (Å²) in [5.74, 6) is -0.154. The molecule has 1 heterocycles. The number of carbonyl (C=O) groups is 1. The van der Waals surface area contributed by atoms with Crippen LogP contribution in [0.5, 0.6) is 0 Å². The van der Waals surface area contributed by atoms with E-state index in [0.717, 1.165) is 23.8 Å². The summed E-state index contributed by atoms with van der Waals surface area (Å²) in [6, 6.07) is 0. The predicted octanol–water partition coefficient (Wildman–Crippen LogP) is 1.84. The van der Waals surface area contributed by atoms with E-state index in [0.29, 0.717) is 6.42 Å². The molecule has 0 aliphatic rings. The molecule has 0 aliphatic carbocycles. The molecule has 84 valence electrons. The Kier molecular flexibility index (Phi) is 4.55. The summed E-state index contributed by atoms with van der Waals surface area (Å²) in [6.07, 6.45) is 1.26. The first-order chi connectivity index (χ1) is 7.13. The van der Waals surface area contributed by atoms with E-state index in [-0.39, 0.29) is 5.97 Å². The number of ether oxygens (including phenoxy) is 1. The Morgan fingerprint density at radius 1 is 1.67 bits per heavy atom. The molecule has 0 aromatic carbocycles. The topological polar surface area (TPSA) is 42.4 Å². The van der Waals surface area contributed by atoms with E-state index in [9.17, 15) is 4.79 Å². The Bertz CT molecular complexity index is 325. The molecular weight excluding hydrogens is 212 g/mol. The molecule has 0 saturated carbocycles. The molecule has 0 saturated heterocycles. The maximum Gasteiger partial charge on any atom is 0.305 e. The van der Waals surface area contributed by atoms with Crippen LogP contribution in [-0.2, 0) is 9.53 Å². The summed E-state index contributed by atoms with van der Waals surface area (Å²) in [5, 5.41) is 3.02. The molecule has 1 rings (SSSR count). The minimum absolute atomic E-state index is 0.154. The van der Waals surface area contributed by atoms with Crippen molar-refractivity contribution in [3.05, 3.63) is 11.1 Å². The quantitative estimate of drug-likeness (QED) is 0.721. The summed E-state index contributed by atoms with van der Waals surface area (Å²) in [4.78, 5) is 17.3. The van der Waals surface area contributed by atoms with E-state index in [4.69, 9.17) is 0 Å². The van der Waals surface area contributed by atoms with E-state index < -0.39 is 0 Å². The largest absolute Gasteiger partial charge is 0.469 e. The second-order valence-electron chi connectivity index (χ2n) is 3.37. The van der Waals surface area contributed by atoms with Crippen molar-refractivity contribution in [2.45, 2.75) is 19.8 Å². The SMILES string of the molecule is COC(=O)CCCN(C)c1nc(C)cs1. The fourth-order valence-corrected chi connectivity index (χ4v) is 1.97. The fraction of sp³-hybridized carbons (Fsp3) is 0.600. The van der Waals surface area contributed by atoms with Crippen molar-refractivity contribution >= 4 is 22.4 Å². The molecular formula is C10H16N2O2S. The molecule has 0 unspecified atom stereocenters. The van der Waals surface area contributed by atoms with Crippen molar-refractivity contribution in [3.8, 4) is 0 Å². The molecule has 1 aromatic rings. The van der Waals surface area contributed by atoms with Crippen molar-refractivity contribution in [2.75, 3.05) is 25.6 Å². The normalized spacial score (nSPS) is 10.1. The van der Waals surface area contributed by atoms with Crippen LogP contribution in [0.1, 0.15) is 18.5 Å². The standard InChI is InChI=1S/C10H16N2O2S/c1-8-7-15-10(11-8)12(2)6-4-5-9(13)14-3/h7H,4-6H2,1-3H3. The van der Waals surface area contributed by atoms with Crippen molar-refractivity contribution in [3.63, 3.8) is 0 Å². The third kappa shape index (κ3) is 3.87. The van der Waals surface area contributed by atoms with Crippen molar-refractivity contribution < 1.29 is 9.53 Å². The van der Waals surface area contributed by atoms with Crippen LogP contribution in [0.25, 0.3) is 0 Å². The van der Waals surface area contributed by atoms with Gasteiger partial charge in [-0.05, 0) is 13.3 Å². The lowest BCUT2D eigenvalue weighted by Gasteiger charge is -2.14. The number of nitrogens with zero attached hydrogens (tertiary/aromatic N) is 2. The molecule has 4 nitrogen and oxygen atoms in total. The monoisotopic (exact) mass is 228 g/mol. The fourth-order valence-electron chi connectivity index (χ4n) is 1.18. The van der Waals surface area contributed by atoms with E-state index in [1.807, 2.05) is 19.4 Å². The van der Waals surface area contributed by atoms with Gasteiger partial charge in [-0.3, -0.25) is 4.79 Å². The summed E-state index contributed by atoms with van der Waals surface area (Å²) in [6.45, 7) is 2.80. The van der Waals surface area contributed by atoms with Gasteiger partial charge in [0.2, 0.25) is 0 Å². The first-order valence-corrected chi connectivity index (χ1v) is 5.71. The third-order valence-electron chi connectivity index (χ3n) is 2.04. The number of carbonyl (C=O) groups excluding carboxylic acids is 1. The molecule has 5 heteroatoms. The third-order valence-corrected chi connectivity index (χ3v) is 3.11. The van der Waals surface area contributed by atoms with Gasteiger partial charge in [0.15, 0.2) is 5.13 Å². The first kappa shape index (κ1) is 12.0. The zero-order valence-electron chi connectivity index (χ0n) is 9.32. The van der Waals surface area contributed by atoms with Crippen molar-refractivity contribution in [1.82, 2.24) is 4.98 Å². The maximum absolute atomic E-state index is 10.9. The van der Waals surface area contributed by atoms with Gasteiger partial charge in [-0.1, -0.05) is 0 Å². The van der Waals surface area contributed by atoms with Crippen molar-refractivity contribution in [2.24, 2.45) is 0 Å². The highest BCUT2D eigenvalue weighted by molar-refractivity contribution is 7.13. The number of aryl methyl sites for hydroxylation is 1. The minimum Gasteiger partial charge on any atom is -0.469 e. The first-order valence-electron chi connectivity index (χ1n) is 4.83. The Morgan fingerprint density at radius 3 is 2.93 bits per heavy atom. The van der Waals surface area contributed by atoms with Gasteiger partial charge in [-0.15, -0.1) is 11.3 Å². The number of hydrogen-bond donors (Lipinski definition) is 0. The number of hydrogen-bond acceptors (Lipinski definition) is 5. The van der Waals surface area contributed by atoms with Crippen LogP contribution in [0.15, 0.2) is 5.38 Å². The second kappa shape index (κ2) is 5.70. The summed E-state index contributed by atoms with van der Waals surface area (Å²) >= 11 is 1.62. The van der Waals surface area contributed by atoms with E-state index in [1.54, 1.807) is 11.3 Å². The minimum atomic E-state index is -0.154. The lowest BCUT2D eigenvalue weighted by molar-refractivity contribution is -0.140. The number of anilines is 1. The van der Waals surface area contributed by atoms with Crippen molar-refractivity contribution in [1.29, 1.82) is 0 Å². The highest BCUT2D eigenvalue weighted by Gasteiger charge is 2.06. The number of aromatic nitrogens is 1. The van der Waals surface area contributed by atoms with Gasteiger partial charge in [0.25, 0.3) is 0 Å². The smallest absolute Gasteiger partial charge is 0.305 e. The van der Waals surface area contributed by atoms with E-state index in [2.05, 4.69) is 14.6 Å². The average Bonchev–Trinajstić information content (AvgIpc) is 2.64. The van der Waals surface area contributed by atoms with Crippen LogP contribution in [0.2, 0.25) is 0 Å². The average molecular weight is 228 g/mol. The van der Waals surface area contributed by atoms with Crippen LogP contribution in [0.3, 0.4) is 0 Å². The van der Waals surface area contributed by atoms with Crippen LogP contribution < -0.4 is 4.90 Å². The molecule has 0 bridgehead atoms. The van der Waals surface area contributed by atoms with Crippen LogP contribution >= 0.6 is 11.3 Å². The van der Waals surface area contributed by atoms with Gasteiger partial charge in [-0.2, -0.15) is 0 Å². The van der Waals surface area contributed by atoms with Crippen LogP contribution in [0.4, 0.5) is 5.13 Å². The lowest BCUT2D eigenvalue weighted by Crippen LogP contribution is -2.19. The zero-order chi connectivity index (χ0) is 11.3. The van der Waals surface area contributed by atoms with E-state index in [1.165, 1.54) is 7.11 Å². The highest BCUT2D eigenvalue weighted by Crippen LogP contribution is 2.18. The van der Waals surface area contributed by atoms with Gasteiger partial charge >= 0.3 is 5.97 Å². The Morgan fingerprint density at radius 2 is 2.40 bits per heavy atom. The molecule has 0 amide bonds. The molecule has 15 heavy (non-hydrogen) atoms. The molecule has 0 atom stereocenters. The maximum atomic E-state index is 10.9. The van der Waals surface area contributed by atoms with Gasteiger partial charge in [0.1, 0.15) is 0 Å². The zero-order valence-corrected chi connectivity index (χ0v) is 10.1. The van der Waals surface area contributed by atoms with Gasteiger partial charge in [-0.25, -0.2) is 4.98 Å². The van der Waals surface area contributed by atoms with Crippen LogP contribution in [-0.4, -0.2) is 31.7 Å². The highest BCUT2D eigenvalue weighted by atomic mass is 32.1. The lowest BCUT2D eigenvalue weighted by atomic mass is 10.3. The molecule has 0 N–H and O–H groups in total. The number of rotatable bonds is 5. The number of methoxy groups -OCH3 is 1. The van der Waals surface area contributed by atoms with Gasteiger partial charge < -0.3 is 9.64 Å². The summed E-state index contributed by atoms with van der Waals surface area (Å²) in [5.41, 5.74) is 1.04. The van der Waals surface area contributed by atoms with Gasteiger partial charge in [0.05, 0.1) is 12.8 Å². The Labute approximate surface area is 93.9 Å². The summed E-state index contributed by atoms with van der Waals surface area (Å²) < 4.78 is 4.57. The molecule has 0 fully saturated rings. The molecule has 0 spiro atoms. The molecule has 1 aromatic heterocycles. The number of thiazole rings is 1. The predicted molar refractivity (Wildman–Crippen MR) is 61.4 cm³/mol. The number of esters is 1. The molecule has 0 aliphatic heterocycles. The Balaban J connectivity index is 2.30. The molecule has 0 radical (unpaired) electrons. The second-order valence-corrected chi connectivity index (χ2v) is 4.21. The van der Waals surface area contributed by atoms with Gasteiger partial charge in [0, 0.05) is 25.4 Å². The Hall–Kier alpha value is -1.10.